The molecule has 0 radical (unpaired) electrons. The van der Waals surface area contributed by atoms with Crippen molar-refractivity contribution in [2.45, 2.75) is 6.92 Å². The molecule has 2 aromatic rings. The number of halogens is 1. The molecule has 0 fully saturated rings. The fourth-order valence-corrected chi connectivity index (χ4v) is 1.66. The molecule has 1 N–H and O–H groups in total. The Bertz CT molecular complexity index is 522. The van der Waals surface area contributed by atoms with E-state index in [9.17, 15) is 4.79 Å². The summed E-state index contributed by atoms with van der Waals surface area (Å²) in [6.07, 6.45) is 1.44. The molecule has 0 aliphatic carbocycles. The number of nitrogens with zero attached hydrogens (tertiary/aromatic N) is 1. The molecule has 4 nitrogen and oxygen atoms in total. The highest BCUT2D eigenvalue weighted by molar-refractivity contribution is 9.10. The number of carbonyl (C=O) groups is 1. The van der Waals surface area contributed by atoms with Crippen LogP contribution in [0.1, 0.15) is 16.1 Å². The van der Waals surface area contributed by atoms with E-state index in [2.05, 4.69) is 26.4 Å². The molecule has 1 heterocycles. The van der Waals surface area contributed by atoms with Crippen LogP contribution in [0.4, 0.5) is 5.69 Å². The van der Waals surface area contributed by atoms with Crippen LogP contribution in [0.25, 0.3) is 0 Å². The molecule has 0 aliphatic heterocycles. The standard InChI is InChI=1S/C11H9BrN2O2/c1-7-6-16-14-10(7)11(15)13-9-4-2-3-8(12)5-9/h2-6H,1H3,(H,13,15). The van der Waals surface area contributed by atoms with E-state index in [0.29, 0.717) is 16.9 Å². The molecule has 1 aromatic heterocycles. The van der Waals surface area contributed by atoms with E-state index in [1.807, 2.05) is 18.2 Å². The molecule has 1 aromatic carbocycles. The lowest BCUT2D eigenvalue weighted by molar-refractivity contribution is 0.101. The second-order valence-electron chi connectivity index (χ2n) is 3.31. The van der Waals surface area contributed by atoms with Crippen LogP contribution >= 0.6 is 15.9 Å². The third-order valence-corrected chi connectivity index (χ3v) is 2.54. The van der Waals surface area contributed by atoms with Crippen molar-refractivity contribution in [1.29, 1.82) is 0 Å². The average Bonchev–Trinajstić information content (AvgIpc) is 2.64. The van der Waals surface area contributed by atoms with Gasteiger partial charge in [-0.15, -0.1) is 0 Å². The Morgan fingerprint density at radius 2 is 2.31 bits per heavy atom. The summed E-state index contributed by atoms with van der Waals surface area (Å²) in [7, 11) is 0. The SMILES string of the molecule is Cc1conc1C(=O)Nc1cccc(Br)c1. The molecule has 0 saturated carbocycles. The molecule has 1 amide bonds. The summed E-state index contributed by atoms with van der Waals surface area (Å²) in [6, 6.07) is 7.34. The van der Waals surface area contributed by atoms with Gasteiger partial charge in [-0.2, -0.15) is 0 Å². The Morgan fingerprint density at radius 3 is 2.94 bits per heavy atom. The first-order chi connectivity index (χ1) is 7.66. The van der Waals surface area contributed by atoms with E-state index in [1.54, 1.807) is 13.0 Å². The van der Waals surface area contributed by atoms with Gasteiger partial charge in [0.15, 0.2) is 5.69 Å². The minimum absolute atomic E-state index is 0.274. The van der Waals surface area contributed by atoms with Crippen LogP contribution in [0.15, 0.2) is 39.5 Å². The van der Waals surface area contributed by atoms with E-state index in [1.165, 1.54) is 6.26 Å². The molecule has 0 aliphatic rings. The number of aromatic nitrogens is 1. The number of anilines is 1. The van der Waals surface area contributed by atoms with E-state index in [-0.39, 0.29) is 5.91 Å². The second kappa shape index (κ2) is 4.49. The fourth-order valence-electron chi connectivity index (χ4n) is 1.26. The second-order valence-corrected chi connectivity index (χ2v) is 4.23. The molecule has 0 saturated heterocycles. The Morgan fingerprint density at radius 1 is 1.50 bits per heavy atom. The van der Waals surface area contributed by atoms with Crippen LogP contribution in [0.2, 0.25) is 0 Å². The molecule has 0 unspecified atom stereocenters. The van der Waals surface area contributed by atoms with Crippen LogP contribution in [0.3, 0.4) is 0 Å². The molecular formula is C11H9BrN2O2. The smallest absolute Gasteiger partial charge is 0.278 e. The van der Waals surface area contributed by atoms with E-state index in [4.69, 9.17) is 4.52 Å². The lowest BCUT2D eigenvalue weighted by atomic mass is 10.2. The Labute approximate surface area is 101 Å². The highest BCUT2D eigenvalue weighted by Crippen LogP contribution is 2.16. The number of rotatable bonds is 2. The lowest BCUT2D eigenvalue weighted by Crippen LogP contribution is -2.13. The summed E-state index contributed by atoms with van der Waals surface area (Å²) in [5, 5.41) is 6.37. The Hall–Kier alpha value is -1.62. The highest BCUT2D eigenvalue weighted by Gasteiger charge is 2.13. The first-order valence-corrected chi connectivity index (χ1v) is 5.44. The summed E-state index contributed by atoms with van der Waals surface area (Å²) >= 11 is 3.33. The van der Waals surface area contributed by atoms with Crippen molar-refractivity contribution in [3.8, 4) is 0 Å². The maximum atomic E-state index is 11.8. The van der Waals surface area contributed by atoms with E-state index >= 15 is 0 Å². The largest absolute Gasteiger partial charge is 0.364 e. The Balaban J connectivity index is 2.17. The van der Waals surface area contributed by atoms with Gasteiger partial charge in [-0.05, 0) is 25.1 Å². The van der Waals surface area contributed by atoms with Gasteiger partial charge in [0.05, 0.1) is 0 Å². The molecule has 5 heteroatoms. The average molecular weight is 281 g/mol. The minimum atomic E-state index is -0.274. The van der Waals surface area contributed by atoms with Crippen LogP contribution in [-0.4, -0.2) is 11.1 Å². The summed E-state index contributed by atoms with van der Waals surface area (Å²) in [5.74, 6) is -0.274. The van der Waals surface area contributed by atoms with Gasteiger partial charge in [0.25, 0.3) is 5.91 Å². The Kier molecular flexibility index (Phi) is 3.05. The van der Waals surface area contributed by atoms with Crippen LogP contribution in [0.5, 0.6) is 0 Å². The maximum Gasteiger partial charge on any atom is 0.278 e. The molecule has 0 bridgehead atoms. The molecule has 0 atom stereocenters. The third-order valence-electron chi connectivity index (χ3n) is 2.04. The van der Waals surface area contributed by atoms with Gasteiger partial charge in [-0.3, -0.25) is 4.79 Å². The minimum Gasteiger partial charge on any atom is -0.364 e. The van der Waals surface area contributed by atoms with Gasteiger partial charge in [0.1, 0.15) is 6.26 Å². The number of aryl methyl sites for hydroxylation is 1. The first kappa shape index (κ1) is 10.9. The zero-order valence-corrected chi connectivity index (χ0v) is 10.1. The third kappa shape index (κ3) is 2.30. The number of hydrogen-bond donors (Lipinski definition) is 1. The first-order valence-electron chi connectivity index (χ1n) is 4.65. The van der Waals surface area contributed by atoms with Crippen molar-refractivity contribution in [2.75, 3.05) is 5.32 Å². The quantitative estimate of drug-likeness (QED) is 0.920. The highest BCUT2D eigenvalue weighted by atomic mass is 79.9. The van der Waals surface area contributed by atoms with Crippen LogP contribution < -0.4 is 5.32 Å². The van der Waals surface area contributed by atoms with Gasteiger partial charge < -0.3 is 9.84 Å². The zero-order valence-electron chi connectivity index (χ0n) is 8.53. The van der Waals surface area contributed by atoms with Crippen LogP contribution in [-0.2, 0) is 0 Å². The molecule has 0 spiro atoms. The maximum absolute atomic E-state index is 11.8. The van der Waals surface area contributed by atoms with Crippen molar-refractivity contribution in [1.82, 2.24) is 5.16 Å². The number of benzene rings is 1. The molecule has 2 rings (SSSR count). The number of nitrogens with one attached hydrogen (secondary N) is 1. The van der Waals surface area contributed by atoms with Crippen LogP contribution in [0, 0.1) is 6.92 Å². The number of amides is 1. The monoisotopic (exact) mass is 280 g/mol. The van der Waals surface area contributed by atoms with Gasteiger partial charge >= 0.3 is 0 Å². The topological polar surface area (TPSA) is 55.1 Å². The van der Waals surface area contributed by atoms with Crippen molar-refractivity contribution >= 4 is 27.5 Å². The van der Waals surface area contributed by atoms with Crippen molar-refractivity contribution in [3.63, 3.8) is 0 Å². The lowest BCUT2D eigenvalue weighted by Gasteiger charge is -2.03. The predicted molar refractivity (Wildman–Crippen MR) is 63.3 cm³/mol. The van der Waals surface area contributed by atoms with Gasteiger partial charge in [0.2, 0.25) is 0 Å². The summed E-state index contributed by atoms with van der Waals surface area (Å²) < 4.78 is 5.61. The summed E-state index contributed by atoms with van der Waals surface area (Å²) in [5.41, 5.74) is 1.73. The zero-order chi connectivity index (χ0) is 11.5. The summed E-state index contributed by atoms with van der Waals surface area (Å²) in [6.45, 7) is 1.77. The van der Waals surface area contributed by atoms with Gasteiger partial charge in [0, 0.05) is 15.7 Å². The predicted octanol–water partition coefficient (Wildman–Crippen LogP) is 3.00. The van der Waals surface area contributed by atoms with Gasteiger partial charge in [-0.1, -0.05) is 27.2 Å². The van der Waals surface area contributed by atoms with Crippen molar-refractivity contribution in [3.05, 3.63) is 46.3 Å². The number of carbonyl (C=O) groups excluding carboxylic acids is 1. The molecule has 82 valence electrons. The van der Waals surface area contributed by atoms with E-state index in [0.717, 1.165) is 4.47 Å². The fraction of sp³-hybridized carbons (Fsp3) is 0.0909. The van der Waals surface area contributed by atoms with Crippen molar-refractivity contribution in [2.24, 2.45) is 0 Å². The summed E-state index contributed by atoms with van der Waals surface area (Å²) in [4.78, 5) is 11.8. The number of hydrogen-bond acceptors (Lipinski definition) is 3. The van der Waals surface area contributed by atoms with Crippen molar-refractivity contribution < 1.29 is 9.32 Å². The normalized spacial score (nSPS) is 10.1. The van der Waals surface area contributed by atoms with Gasteiger partial charge in [-0.25, -0.2) is 0 Å². The molecular weight excluding hydrogens is 272 g/mol. The molecule has 16 heavy (non-hydrogen) atoms. The van der Waals surface area contributed by atoms with E-state index < -0.39 is 0 Å².